The van der Waals surface area contributed by atoms with Gasteiger partial charge in [0.2, 0.25) is 0 Å². The quantitative estimate of drug-likeness (QED) is 0.657. The highest BCUT2D eigenvalue weighted by molar-refractivity contribution is 9.10. The molecule has 1 aromatic rings. The van der Waals surface area contributed by atoms with Crippen molar-refractivity contribution in [2.24, 2.45) is 11.8 Å². The summed E-state index contributed by atoms with van der Waals surface area (Å²) < 4.78 is 1.17. The molecule has 1 aliphatic rings. The smallest absolute Gasteiger partial charge is 0.0488 e. The van der Waals surface area contributed by atoms with Crippen LogP contribution in [0.5, 0.6) is 0 Å². The van der Waals surface area contributed by atoms with E-state index in [4.69, 9.17) is 5.84 Å². The van der Waals surface area contributed by atoms with Crippen molar-refractivity contribution in [3.05, 3.63) is 33.8 Å². The SMILES string of the molecule is Cc1cc(C(NN)C2CCCCC2)ccc1Br. The Morgan fingerprint density at radius 1 is 1.29 bits per heavy atom. The minimum Gasteiger partial charge on any atom is -0.271 e. The zero-order valence-corrected chi connectivity index (χ0v) is 12.0. The van der Waals surface area contributed by atoms with Gasteiger partial charge in [0.25, 0.3) is 0 Å². The Bertz CT molecular complexity index is 372. The second-order valence-corrected chi connectivity index (χ2v) is 5.91. The normalized spacial score (nSPS) is 19.2. The first-order valence-corrected chi connectivity index (χ1v) is 7.24. The van der Waals surface area contributed by atoms with Crippen LogP contribution in [0.1, 0.15) is 49.3 Å². The van der Waals surface area contributed by atoms with Crippen LogP contribution in [0.15, 0.2) is 22.7 Å². The van der Waals surface area contributed by atoms with E-state index < -0.39 is 0 Å². The van der Waals surface area contributed by atoms with Crippen molar-refractivity contribution in [2.45, 2.75) is 45.1 Å². The van der Waals surface area contributed by atoms with Crippen LogP contribution in [-0.2, 0) is 0 Å². The van der Waals surface area contributed by atoms with Gasteiger partial charge < -0.3 is 0 Å². The van der Waals surface area contributed by atoms with E-state index in [2.05, 4.69) is 46.5 Å². The van der Waals surface area contributed by atoms with Crippen LogP contribution in [-0.4, -0.2) is 0 Å². The monoisotopic (exact) mass is 296 g/mol. The molecule has 0 heterocycles. The lowest BCUT2D eigenvalue weighted by Gasteiger charge is -2.30. The summed E-state index contributed by atoms with van der Waals surface area (Å²) in [5, 5.41) is 0. The summed E-state index contributed by atoms with van der Waals surface area (Å²) in [5.41, 5.74) is 5.62. The molecule has 3 heteroatoms. The molecule has 1 saturated carbocycles. The average Bonchev–Trinajstić information content (AvgIpc) is 2.36. The highest BCUT2D eigenvalue weighted by atomic mass is 79.9. The summed E-state index contributed by atoms with van der Waals surface area (Å²) >= 11 is 3.54. The van der Waals surface area contributed by atoms with Gasteiger partial charge in [0, 0.05) is 10.5 Å². The van der Waals surface area contributed by atoms with E-state index in [-0.39, 0.29) is 0 Å². The maximum Gasteiger partial charge on any atom is 0.0488 e. The largest absolute Gasteiger partial charge is 0.271 e. The predicted octanol–water partition coefficient (Wildman–Crippen LogP) is 3.84. The van der Waals surface area contributed by atoms with Crippen LogP contribution in [0.25, 0.3) is 0 Å². The molecule has 1 atom stereocenters. The molecule has 17 heavy (non-hydrogen) atoms. The maximum absolute atomic E-state index is 5.76. The van der Waals surface area contributed by atoms with E-state index in [0.717, 1.165) is 0 Å². The summed E-state index contributed by atoms with van der Waals surface area (Å²) in [6.07, 6.45) is 6.66. The molecule has 0 amide bonds. The third-order valence-corrected chi connectivity index (χ3v) is 4.73. The van der Waals surface area contributed by atoms with Gasteiger partial charge in [-0.05, 0) is 42.9 Å². The van der Waals surface area contributed by atoms with Gasteiger partial charge in [-0.3, -0.25) is 11.3 Å². The van der Waals surface area contributed by atoms with E-state index in [0.29, 0.717) is 12.0 Å². The standard InChI is InChI=1S/C14H21BrN2/c1-10-9-12(7-8-13(10)15)14(17-16)11-5-3-2-4-6-11/h7-9,11,14,17H,2-6,16H2,1H3. The van der Waals surface area contributed by atoms with E-state index in [1.165, 1.54) is 47.7 Å². The van der Waals surface area contributed by atoms with Crippen molar-refractivity contribution in [1.29, 1.82) is 0 Å². The topological polar surface area (TPSA) is 38.0 Å². The highest BCUT2D eigenvalue weighted by Crippen LogP contribution is 2.34. The van der Waals surface area contributed by atoms with Crippen LogP contribution in [0.2, 0.25) is 0 Å². The van der Waals surface area contributed by atoms with Gasteiger partial charge >= 0.3 is 0 Å². The molecule has 0 saturated heterocycles. The number of nitrogens with one attached hydrogen (secondary N) is 1. The number of aryl methyl sites for hydroxylation is 1. The first-order chi connectivity index (χ1) is 8.22. The number of benzene rings is 1. The van der Waals surface area contributed by atoms with Crippen LogP contribution < -0.4 is 11.3 Å². The minimum absolute atomic E-state index is 0.307. The lowest BCUT2D eigenvalue weighted by Crippen LogP contribution is -2.34. The molecule has 0 bridgehead atoms. The van der Waals surface area contributed by atoms with Gasteiger partial charge in [-0.25, -0.2) is 0 Å². The van der Waals surface area contributed by atoms with Crippen molar-refractivity contribution in [2.75, 3.05) is 0 Å². The highest BCUT2D eigenvalue weighted by Gasteiger charge is 2.24. The summed E-state index contributed by atoms with van der Waals surface area (Å²) in [4.78, 5) is 0. The van der Waals surface area contributed by atoms with Gasteiger partial charge in [0.05, 0.1) is 0 Å². The Labute approximate surface area is 112 Å². The lowest BCUT2D eigenvalue weighted by atomic mass is 9.81. The molecule has 0 aliphatic heterocycles. The minimum atomic E-state index is 0.307. The third-order valence-electron chi connectivity index (χ3n) is 3.84. The number of hydrazine groups is 1. The van der Waals surface area contributed by atoms with Gasteiger partial charge in [-0.15, -0.1) is 0 Å². The van der Waals surface area contributed by atoms with E-state index >= 15 is 0 Å². The van der Waals surface area contributed by atoms with Crippen LogP contribution >= 0.6 is 15.9 Å². The second-order valence-electron chi connectivity index (χ2n) is 5.05. The zero-order valence-electron chi connectivity index (χ0n) is 10.4. The van der Waals surface area contributed by atoms with Crippen LogP contribution in [0.3, 0.4) is 0 Å². The number of hydrogen-bond acceptors (Lipinski definition) is 2. The summed E-state index contributed by atoms with van der Waals surface area (Å²) in [5.74, 6) is 6.45. The van der Waals surface area contributed by atoms with E-state index in [1.807, 2.05) is 0 Å². The number of nitrogens with two attached hydrogens (primary N) is 1. The molecule has 2 nitrogen and oxygen atoms in total. The number of rotatable bonds is 3. The summed E-state index contributed by atoms with van der Waals surface area (Å²) in [6, 6.07) is 6.85. The molecule has 1 fully saturated rings. The summed E-state index contributed by atoms with van der Waals surface area (Å²) in [7, 11) is 0. The van der Waals surface area contributed by atoms with Gasteiger partial charge in [-0.2, -0.15) is 0 Å². The Morgan fingerprint density at radius 2 is 2.00 bits per heavy atom. The molecule has 0 aromatic heterocycles. The zero-order chi connectivity index (χ0) is 12.3. The average molecular weight is 297 g/mol. The fourth-order valence-electron chi connectivity index (χ4n) is 2.83. The fourth-order valence-corrected chi connectivity index (χ4v) is 3.08. The van der Waals surface area contributed by atoms with Crippen molar-refractivity contribution >= 4 is 15.9 Å². The van der Waals surface area contributed by atoms with Crippen LogP contribution in [0.4, 0.5) is 0 Å². The van der Waals surface area contributed by atoms with Crippen molar-refractivity contribution in [3.63, 3.8) is 0 Å². The molecule has 2 rings (SSSR count). The Kier molecular flexibility index (Phi) is 4.60. The summed E-state index contributed by atoms with van der Waals surface area (Å²) in [6.45, 7) is 2.13. The predicted molar refractivity (Wildman–Crippen MR) is 75.5 cm³/mol. The van der Waals surface area contributed by atoms with E-state index in [9.17, 15) is 0 Å². The third kappa shape index (κ3) is 3.09. The Balaban J connectivity index is 2.18. The molecule has 94 valence electrons. The number of hydrogen-bond donors (Lipinski definition) is 2. The van der Waals surface area contributed by atoms with Gasteiger partial charge in [0.1, 0.15) is 0 Å². The molecule has 1 unspecified atom stereocenters. The molecular weight excluding hydrogens is 276 g/mol. The fraction of sp³-hybridized carbons (Fsp3) is 0.571. The molecule has 0 spiro atoms. The molecule has 3 N–H and O–H groups in total. The first kappa shape index (κ1) is 13.1. The lowest BCUT2D eigenvalue weighted by molar-refractivity contribution is 0.273. The van der Waals surface area contributed by atoms with Gasteiger partial charge in [-0.1, -0.05) is 47.3 Å². The molecule has 0 radical (unpaired) electrons. The number of halogens is 1. The molecular formula is C14H21BrN2. The second kappa shape index (κ2) is 5.98. The molecule has 1 aliphatic carbocycles. The molecule has 1 aromatic carbocycles. The van der Waals surface area contributed by atoms with Crippen LogP contribution in [0, 0.1) is 12.8 Å². The van der Waals surface area contributed by atoms with Crippen molar-refractivity contribution in [3.8, 4) is 0 Å². The van der Waals surface area contributed by atoms with Crippen molar-refractivity contribution in [1.82, 2.24) is 5.43 Å². The first-order valence-electron chi connectivity index (χ1n) is 6.44. The van der Waals surface area contributed by atoms with Gasteiger partial charge in [0.15, 0.2) is 0 Å². The Hall–Kier alpha value is -0.380. The Morgan fingerprint density at radius 3 is 2.59 bits per heavy atom. The van der Waals surface area contributed by atoms with E-state index in [1.54, 1.807) is 0 Å². The van der Waals surface area contributed by atoms with Crippen molar-refractivity contribution < 1.29 is 0 Å². The maximum atomic E-state index is 5.76.